The fraction of sp³-hybridized carbons (Fsp3) is 0.389. The van der Waals surface area contributed by atoms with Gasteiger partial charge in [0.05, 0.1) is 13.2 Å². The van der Waals surface area contributed by atoms with Crippen molar-refractivity contribution in [2.75, 3.05) is 13.7 Å². The summed E-state index contributed by atoms with van der Waals surface area (Å²) in [5.74, 6) is 0.995. The molecule has 1 amide bonds. The number of rotatable bonds is 2. The molecule has 0 saturated carbocycles. The van der Waals surface area contributed by atoms with Crippen LogP contribution in [0.15, 0.2) is 36.4 Å². The summed E-state index contributed by atoms with van der Waals surface area (Å²) in [5, 5.41) is 5.51. The van der Waals surface area contributed by atoms with Crippen molar-refractivity contribution in [1.82, 2.24) is 10.2 Å². The number of methoxy groups -OCH3 is 1. The fourth-order valence-corrected chi connectivity index (χ4v) is 3.83. The summed E-state index contributed by atoms with van der Waals surface area (Å²) in [5.41, 5.74) is 1.08. The van der Waals surface area contributed by atoms with Gasteiger partial charge in [-0.15, -0.1) is 0 Å². The maximum atomic E-state index is 12.3. The molecule has 2 atom stereocenters. The van der Waals surface area contributed by atoms with Crippen LogP contribution in [0.1, 0.15) is 31.0 Å². The lowest BCUT2D eigenvalue weighted by Gasteiger charge is -2.32. The quantitative estimate of drug-likeness (QED) is 0.926. The van der Waals surface area contributed by atoms with Gasteiger partial charge in [-0.1, -0.05) is 36.8 Å². The first-order chi connectivity index (χ1) is 10.8. The highest BCUT2D eigenvalue weighted by Crippen LogP contribution is 2.39. The number of carbonyl (C=O) groups excluding carboxylic acids is 1. The molecule has 0 bridgehead atoms. The van der Waals surface area contributed by atoms with Crippen molar-refractivity contribution in [2.24, 2.45) is 0 Å². The lowest BCUT2D eigenvalue weighted by atomic mass is 9.98. The van der Waals surface area contributed by atoms with Gasteiger partial charge in [-0.25, -0.2) is 0 Å². The van der Waals surface area contributed by atoms with Crippen molar-refractivity contribution in [3.05, 3.63) is 42.0 Å². The molecule has 2 aromatic carbocycles. The minimum absolute atomic E-state index is 0.0161. The van der Waals surface area contributed by atoms with Gasteiger partial charge in [0.15, 0.2) is 0 Å². The van der Waals surface area contributed by atoms with Gasteiger partial charge in [0.2, 0.25) is 5.91 Å². The van der Waals surface area contributed by atoms with Gasteiger partial charge < -0.3 is 10.1 Å². The second-order valence-electron chi connectivity index (χ2n) is 6.06. The number of hydrogen-bond acceptors (Lipinski definition) is 3. The third-order valence-electron chi connectivity index (χ3n) is 4.88. The average Bonchev–Trinajstić information content (AvgIpc) is 2.91. The molecule has 114 valence electrons. The van der Waals surface area contributed by atoms with Crippen LogP contribution < -0.4 is 10.1 Å². The summed E-state index contributed by atoms with van der Waals surface area (Å²) in [6, 6.07) is 12.4. The van der Waals surface area contributed by atoms with E-state index >= 15 is 0 Å². The third kappa shape index (κ3) is 1.98. The van der Waals surface area contributed by atoms with Crippen LogP contribution in [0.2, 0.25) is 0 Å². The fourth-order valence-electron chi connectivity index (χ4n) is 3.83. The minimum Gasteiger partial charge on any atom is -0.496 e. The molecule has 0 aromatic heterocycles. The number of amides is 1. The smallest absolute Gasteiger partial charge is 0.238 e. The first-order valence-corrected chi connectivity index (χ1v) is 7.91. The number of carbonyl (C=O) groups is 1. The largest absolute Gasteiger partial charge is 0.496 e. The second kappa shape index (κ2) is 5.29. The number of ether oxygens (including phenoxy) is 1. The van der Waals surface area contributed by atoms with E-state index in [1.165, 1.54) is 5.39 Å². The van der Waals surface area contributed by atoms with Crippen LogP contribution in [-0.2, 0) is 4.79 Å². The Morgan fingerprint density at radius 2 is 2.05 bits per heavy atom. The maximum Gasteiger partial charge on any atom is 0.238 e. The van der Waals surface area contributed by atoms with E-state index in [9.17, 15) is 4.79 Å². The highest BCUT2D eigenvalue weighted by Gasteiger charge is 2.42. The third-order valence-corrected chi connectivity index (χ3v) is 4.88. The van der Waals surface area contributed by atoms with E-state index in [4.69, 9.17) is 4.74 Å². The van der Waals surface area contributed by atoms with E-state index in [1.54, 1.807) is 7.11 Å². The van der Waals surface area contributed by atoms with Gasteiger partial charge in [-0.3, -0.25) is 9.69 Å². The Balaban J connectivity index is 1.88. The Hall–Kier alpha value is -2.07. The summed E-state index contributed by atoms with van der Waals surface area (Å²) in [6.07, 6.45) is 3.15. The van der Waals surface area contributed by atoms with Crippen molar-refractivity contribution < 1.29 is 9.53 Å². The molecule has 22 heavy (non-hydrogen) atoms. The number of fused-ring (bicyclic) bond motifs is 2. The molecule has 2 fully saturated rings. The molecule has 2 aliphatic rings. The van der Waals surface area contributed by atoms with Gasteiger partial charge in [0.25, 0.3) is 0 Å². The second-order valence-corrected chi connectivity index (χ2v) is 6.06. The molecule has 4 nitrogen and oxygen atoms in total. The number of hydrogen-bond donors (Lipinski definition) is 1. The monoisotopic (exact) mass is 296 g/mol. The first kappa shape index (κ1) is 13.6. The predicted molar refractivity (Wildman–Crippen MR) is 85.7 cm³/mol. The van der Waals surface area contributed by atoms with Crippen molar-refractivity contribution in [3.63, 3.8) is 0 Å². The van der Waals surface area contributed by atoms with E-state index in [0.717, 1.165) is 42.5 Å². The Morgan fingerprint density at radius 1 is 1.18 bits per heavy atom. The average molecular weight is 296 g/mol. The summed E-state index contributed by atoms with van der Waals surface area (Å²) < 4.78 is 5.60. The zero-order chi connectivity index (χ0) is 15.1. The maximum absolute atomic E-state index is 12.3. The Kier molecular flexibility index (Phi) is 3.26. The molecule has 2 heterocycles. The molecule has 0 radical (unpaired) electrons. The topological polar surface area (TPSA) is 41.6 Å². The van der Waals surface area contributed by atoms with Crippen molar-refractivity contribution >= 4 is 16.7 Å². The normalized spacial score (nSPS) is 25.0. The van der Waals surface area contributed by atoms with Gasteiger partial charge in [0, 0.05) is 12.1 Å². The van der Waals surface area contributed by atoms with Gasteiger partial charge >= 0.3 is 0 Å². The lowest BCUT2D eigenvalue weighted by Crippen LogP contribution is -2.38. The molecule has 2 aliphatic heterocycles. The highest BCUT2D eigenvalue weighted by atomic mass is 16.5. The molecule has 2 aromatic rings. The molecule has 0 spiro atoms. The van der Waals surface area contributed by atoms with Crippen LogP contribution in [-0.4, -0.2) is 30.5 Å². The Morgan fingerprint density at radius 3 is 2.91 bits per heavy atom. The van der Waals surface area contributed by atoms with Crippen LogP contribution in [0.3, 0.4) is 0 Å². The first-order valence-electron chi connectivity index (χ1n) is 7.91. The Labute approximate surface area is 130 Å². The van der Waals surface area contributed by atoms with E-state index < -0.39 is 0 Å². The number of nitrogens with one attached hydrogen (secondary N) is 1. The number of nitrogens with zero attached hydrogens (tertiary/aromatic N) is 1. The zero-order valence-corrected chi connectivity index (χ0v) is 12.7. The molecule has 1 N–H and O–H groups in total. The van der Waals surface area contributed by atoms with E-state index in [2.05, 4.69) is 28.4 Å². The van der Waals surface area contributed by atoms with Crippen LogP contribution in [0.4, 0.5) is 0 Å². The van der Waals surface area contributed by atoms with Crippen LogP contribution in [0, 0.1) is 0 Å². The van der Waals surface area contributed by atoms with Gasteiger partial charge in [-0.05, 0) is 29.7 Å². The van der Waals surface area contributed by atoms with Gasteiger partial charge in [-0.2, -0.15) is 0 Å². The SMILES string of the molecule is COc1ccc2ccccc2c1C1NC(=O)C2CCCCN21. The molecule has 4 rings (SSSR count). The summed E-state index contributed by atoms with van der Waals surface area (Å²) >= 11 is 0. The molecular formula is C18H20N2O2. The standard InChI is InChI=1S/C18H20N2O2/c1-22-15-10-9-12-6-2-3-7-13(12)16(15)17-19-18(21)14-8-4-5-11-20(14)17/h2-3,6-7,9-10,14,17H,4-5,8,11H2,1H3,(H,19,21). The predicted octanol–water partition coefficient (Wildman–Crippen LogP) is 2.83. The highest BCUT2D eigenvalue weighted by molar-refractivity contribution is 5.91. The van der Waals surface area contributed by atoms with E-state index in [1.807, 2.05) is 18.2 Å². The van der Waals surface area contributed by atoms with E-state index in [0.29, 0.717) is 0 Å². The molecule has 4 heteroatoms. The molecular weight excluding hydrogens is 276 g/mol. The van der Waals surface area contributed by atoms with Gasteiger partial charge in [0.1, 0.15) is 11.9 Å². The number of piperidine rings is 1. The Bertz CT molecular complexity index is 728. The van der Waals surface area contributed by atoms with Crippen LogP contribution >= 0.6 is 0 Å². The molecule has 2 unspecified atom stereocenters. The minimum atomic E-state index is -0.0844. The molecule has 0 aliphatic carbocycles. The zero-order valence-electron chi connectivity index (χ0n) is 12.7. The van der Waals surface area contributed by atoms with Crippen molar-refractivity contribution in [1.29, 1.82) is 0 Å². The summed E-state index contributed by atoms with van der Waals surface area (Å²) in [4.78, 5) is 14.6. The van der Waals surface area contributed by atoms with Crippen molar-refractivity contribution in [2.45, 2.75) is 31.5 Å². The van der Waals surface area contributed by atoms with E-state index in [-0.39, 0.29) is 18.1 Å². The van der Waals surface area contributed by atoms with Crippen LogP contribution in [0.25, 0.3) is 10.8 Å². The van der Waals surface area contributed by atoms with Crippen LogP contribution in [0.5, 0.6) is 5.75 Å². The number of benzene rings is 2. The lowest BCUT2D eigenvalue weighted by molar-refractivity contribution is -0.122. The molecule has 2 saturated heterocycles. The summed E-state index contributed by atoms with van der Waals surface area (Å²) in [7, 11) is 1.69. The summed E-state index contributed by atoms with van der Waals surface area (Å²) in [6.45, 7) is 0.959. The van der Waals surface area contributed by atoms with Crippen molar-refractivity contribution in [3.8, 4) is 5.75 Å².